The molecule has 2 N–H and O–H groups in total. The molecule has 0 spiro atoms. The first-order valence-electron chi connectivity index (χ1n) is 7.76. The van der Waals surface area contributed by atoms with Crippen LogP contribution in [0.2, 0.25) is 0 Å². The molecule has 0 saturated heterocycles. The highest BCUT2D eigenvalue weighted by atomic mass is 19.4. The van der Waals surface area contributed by atoms with Gasteiger partial charge < -0.3 is 15.2 Å². The number of alkyl halides is 3. The van der Waals surface area contributed by atoms with Crippen LogP contribution in [0.25, 0.3) is 0 Å². The molecule has 0 aliphatic heterocycles. The van der Waals surface area contributed by atoms with E-state index in [9.17, 15) is 23.1 Å². The van der Waals surface area contributed by atoms with E-state index in [1.807, 2.05) is 12.2 Å². The quantitative estimate of drug-likeness (QED) is 0.749. The van der Waals surface area contributed by atoms with Gasteiger partial charge in [-0.2, -0.15) is 13.2 Å². The van der Waals surface area contributed by atoms with Crippen LogP contribution in [-0.2, 0) is 11.0 Å². The van der Waals surface area contributed by atoms with Crippen molar-refractivity contribution in [3.8, 4) is 5.75 Å². The lowest BCUT2D eigenvalue weighted by atomic mass is 10.1. The first-order valence-corrected chi connectivity index (χ1v) is 7.76. The molecule has 1 aromatic carbocycles. The Balaban J connectivity index is 1.72. The third-order valence-electron chi connectivity index (χ3n) is 3.70. The van der Waals surface area contributed by atoms with Gasteiger partial charge in [-0.25, -0.2) is 0 Å². The normalized spacial score (nSPS) is 18.4. The molecule has 7 heteroatoms. The van der Waals surface area contributed by atoms with Crippen molar-refractivity contribution >= 4 is 5.91 Å². The van der Waals surface area contributed by atoms with Crippen molar-refractivity contribution in [3.63, 3.8) is 0 Å². The van der Waals surface area contributed by atoms with Crippen LogP contribution in [0, 0.1) is 5.92 Å². The summed E-state index contributed by atoms with van der Waals surface area (Å²) in [5.74, 6) is 0.0967. The Morgan fingerprint density at radius 2 is 2.21 bits per heavy atom. The van der Waals surface area contributed by atoms with Gasteiger partial charge in [-0.15, -0.1) is 0 Å². The average molecular weight is 343 g/mol. The molecule has 4 nitrogen and oxygen atoms in total. The Labute approximate surface area is 138 Å². The molecule has 24 heavy (non-hydrogen) atoms. The molecular weight excluding hydrogens is 323 g/mol. The molecule has 0 aromatic heterocycles. The number of benzene rings is 1. The Kier molecular flexibility index (Phi) is 6.25. The van der Waals surface area contributed by atoms with Crippen LogP contribution < -0.4 is 10.1 Å². The highest BCUT2D eigenvalue weighted by molar-refractivity contribution is 5.76. The molecule has 1 aliphatic rings. The fraction of sp³-hybridized carbons (Fsp3) is 0.471. The van der Waals surface area contributed by atoms with Gasteiger partial charge >= 0.3 is 6.18 Å². The van der Waals surface area contributed by atoms with Crippen LogP contribution in [0.1, 0.15) is 24.8 Å². The van der Waals surface area contributed by atoms with Gasteiger partial charge in [0, 0.05) is 13.0 Å². The number of ether oxygens (including phenoxy) is 1. The van der Waals surface area contributed by atoms with Gasteiger partial charge in [0.2, 0.25) is 5.91 Å². The van der Waals surface area contributed by atoms with E-state index in [2.05, 4.69) is 5.32 Å². The Hall–Kier alpha value is -2.02. The summed E-state index contributed by atoms with van der Waals surface area (Å²) in [6.45, 7) is -0.209. The number of hydrogen-bond donors (Lipinski definition) is 2. The number of carbonyl (C=O) groups is 1. The Morgan fingerprint density at radius 1 is 1.42 bits per heavy atom. The zero-order valence-electron chi connectivity index (χ0n) is 13.1. The number of amides is 1. The highest BCUT2D eigenvalue weighted by Crippen LogP contribution is 2.31. The minimum absolute atomic E-state index is 0.00573. The predicted octanol–water partition coefficient (Wildman–Crippen LogP) is 2.92. The fourth-order valence-corrected chi connectivity index (χ4v) is 2.42. The van der Waals surface area contributed by atoms with E-state index in [0.29, 0.717) is 6.42 Å². The van der Waals surface area contributed by atoms with Crippen molar-refractivity contribution in [3.05, 3.63) is 42.0 Å². The molecule has 1 aromatic rings. The van der Waals surface area contributed by atoms with E-state index >= 15 is 0 Å². The van der Waals surface area contributed by atoms with Crippen LogP contribution in [0.3, 0.4) is 0 Å². The summed E-state index contributed by atoms with van der Waals surface area (Å²) in [5.41, 5.74) is -0.813. The average Bonchev–Trinajstić information content (AvgIpc) is 3.03. The zero-order chi connectivity index (χ0) is 17.6. The van der Waals surface area contributed by atoms with E-state index < -0.39 is 17.8 Å². The van der Waals surface area contributed by atoms with E-state index in [0.717, 1.165) is 25.0 Å². The number of aliphatic hydroxyl groups is 1. The van der Waals surface area contributed by atoms with Crippen LogP contribution >= 0.6 is 0 Å². The van der Waals surface area contributed by atoms with Gasteiger partial charge in [-0.05, 0) is 37.0 Å². The second-order valence-corrected chi connectivity index (χ2v) is 5.76. The maximum Gasteiger partial charge on any atom is 0.416 e. The van der Waals surface area contributed by atoms with Crippen LogP contribution in [0.5, 0.6) is 5.75 Å². The number of carbonyl (C=O) groups excluding carboxylic acids is 1. The molecule has 132 valence electrons. The number of allylic oxidation sites excluding steroid dienone is 2. The van der Waals surface area contributed by atoms with Crippen molar-refractivity contribution in [2.24, 2.45) is 5.92 Å². The maximum atomic E-state index is 12.6. The fourth-order valence-electron chi connectivity index (χ4n) is 2.42. The topological polar surface area (TPSA) is 58.6 Å². The summed E-state index contributed by atoms with van der Waals surface area (Å²) in [6, 6.07) is 4.44. The number of nitrogens with one attached hydrogen (secondary N) is 1. The monoisotopic (exact) mass is 343 g/mol. The largest absolute Gasteiger partial charge is 0.491 e. The standard InChI is InChI=1S/C17H20F3NO3/c18-17(19,20)13-6-3-7-15(9-13)24-11-14(22)10-21-16(23)8-12-4-1-2-5-12/h1,3-4,6-7,9,12,14,22H,2,5,8,10-11H2,(H,21,23). The van der Waals surface area contributed by atoms with Crippen molar-refractivity contribution in [1.29, 1.82) is 0 Å². The predicted molar refractivity (Wildman–Crippen MR) is 82.4 cm³/mol. The van der Waals surface area contributed by atoms with Crippen molar-refractivity contribution in [2.75, 3.05) is 13.2 Å². The molecule has 1 aliphatic carbocycles. The summed E-state index contributed by atoms with van der Waals surface area (Å²) >= 11 is 0. The molecule has 2 rings (SSSR count). The lowest BCUT2D eigenvalue weighted by Gasteiger charge is -2.15. The van der Waals surface area contributed by atoms with Crippen LogP contribution in [0.4, 0.5) is 13.2 Å². The minimum Gasteiger partial charge on any atom is -0.491 e. The van der Waals surface area contributed by atoms with Gasteiger partial charge in [-0.3, -0.25) is 4.79 Å². The molecule has 0 radical (unpaired) electrons. The van der Waals surface area contributed by atoms with E-state index in [1.54, 1.807) is 0 Å². The molecule has 1 amide bonds. The van der Waals surface area contributed by atoms with E-state index in [4.69, 9.17) is 4.74 Å². The molecule has 0 saturated carbocycles. The number of halogens is 3. The van der Waals surface area contributed by atoms with Crippen LogP contribution in [0.15, 0.2) is 36.4 Å². The van der Waals surface area contributed by atoms with Gasteiger partial charge in [0.1, 0.15) is 18.5 Å². The maximum absolute atomic E-state index is 12.6. The van der Waals surface area contributed by atoms with Gasteiger partial charge in [0.15, 0.2) is 0 Å². The van der Waals surface area contributed by atoms with Crippen molar-refractivity contribution < 1.29 is 27.8 Å². The third-order valence-corrected chi connectivity index (χ3v) is 3.70. The minimum atomic E-state index is -4.44. The highest BCUT2D eigenvalue weighted by Gasteiger charge is 2.30. The molecule has 2 atom stereocenters. The Bertz CT molecular complexity index is 587. The van der Waals surface area contributed by atoms with E-state index in [1.165, 1.54) is 12.1 Å². The summed E-state index contributed by atoms with van der Waals surface area (Å²) in [5, 5.41) is 12.4. The first-order chi connectivity index (χ1) is 11.3. The SMILES string of the molecule is O=C(CC1C=CCC1)NCC(O)COc1cccc(C(F)(F)F)c1. The van der Waals surface area contributed by atoms with E-state index in [-0.39, 0.29) is 30.7 Å². The van der Waals surface area contributed by atoms with Gasteiger partial charge in [-0.1, -0.05) is 18.2 Å². The van der Waals surface area contributed by atoms with Crippen molar-refractivity contribution in [1.82, 2.24) is 5.32 Å². The molecule has 2 unspecified atom stereocenters. The summed E-state index contributed by atoms with van der Waals surface area (Å²) < 4.78 is 42.9. The molecular formula is C17H20F3NO3. The third kappa shape index (κ3) is 5.88. The summed E-state index contributed by atoms with van der Waals surface area (Å²) in [7, 11) is 0. The molecule has 0 heterocycles. The lowest BCUT2D eigenvalue weighted by Crippen LogP contribution is -2.35. The Morgan fingerprint density at radius 3 is 2.88 bits per heavy atom. The molecule has 0 fully saturated rings. The zero-order valence-corrected chi connectivity index (χ0v) is 13.1. The molecule has 0 bridgehead atoms. The number of hydrogen-bond acceptors (Lipinski definition) is 3. The van der Waals surface area contributed by atoms with Gasteiger partial charge in [0.05, 0.1) is 5.56 Å². The van der Waals surface area contributed by atoms with Crippen molar-refractivity contribution in [2.45, 2.75) is 31.5 Å². The first kappa shape index (κ1) is 18.3. The summed E-state index contributed by atoms with van der Waals surface area (Å²) in [6.07, 6.45) is 0.906. The summed E-state index contributed by atoms with van der Waals surface area (Å²) in [4.78, 5) is 11.7. The van der Waals surface area contributed by atoms with Gasteiger partial charge in [0.25, 0.3) is 0 Å². The number of aliphatic hydroxyl groups excluding tert-OH is 1. The lowest BCUT2D eigenvalue weighted by molar-refractivity contribution is -0.137. The van der Waals surface area contributed by atoms with Crippen LogP contribution in [-0.4, -0.2) is 30.3 Å². The second kappa shape index (κ2) is 8.19. The smallest absolute Gasteiger partial charge is 0.416 e. The second-order valence-electron chi connectivity index (χ2n) is 5.76. The number of rotatable bonds is 7.